The van der Waals surface area contributed by atoms with Crippen molar-refractivity contribution in [2.45, 2.75) is 49.9 Å². The maximum Gasteiger partial charge on any atom is 0.0302 e. The van der Waals surface area contributed by atoms with Crippen molar-refractivity contribution in [3.8, 4) is 0 Å². The second kappa shape index (κ2) is 6.08. The van der Waals surface area contributed by atoms with Crippen LogP contribution in [0.2, 0.25) is 0 Å². The van der Waals surface area contributed by atoms with Crippen molar-refractivity contribution >= 4 is 23.1 Å². The molecule has 1 heterocycles. The van der Waals surface area contributed by atoms with E-state index >= 15 is 0 Å². The van der Waals surface area contributed by atoms with Crippen LogP contribution in [0.1, 0.15) is 44.2 Å². The number of nitrogens with one attached hydrogen (secondary N) is 1. The Morgan fingerprint density at radius 3 is 3.06 bits per heavy atom. The lowest BCUT2D eigenvalue weighted by Gasteiger charge is -2.31. The fourth-order valence-electron chi connectivity index (χ4n) is 2.48. The van der Waals surface area contributed by atoms with E-state index in [9.17, 15) is 0 Å². The van der Waals surface area contributed by atoms with Crippen LogP contribution >= 0.6 is 23.1 Å². The van der Waals surface area contributed by atoms with Crippen LogP contribution in [0.3, 0.4) is 0 Å². The number of thioether (sulfide) groups is 1. The van der Waals surface area contributed by atoms with Crippen LogP contribution in [0, 0.1) is 0 Å². The quantitative estimate of drug-likeness (QED) is 0.870. The summed E-state index contributed by atoms with van der Waals surface area (Å²) < 4.78 is 0. The van der Waals surface area contributed by atoms with Crippen molar-refractivity contribution in [3.05, 3.63) is 22.4 Å². The zero-order valence-electron chi connectivity index (χ0n) is 10.1. The van der Waals surface area contributed by atoms with Crippen molar-refractivity contribution in [2.24, 2.45) is 0 Å². The van der Waals surface area contributed by atoms with Crippen LogP contribution in [0.15, 0.2) is 16.8 Å². The van der Waals surface area contributed by atoms with Gasteiger partial charge in [0.25, 0.3) is 0 Å². The van der Waals surface area contributed by atoms with E-state index in [4.69, 9.17) is 0 Å². The van der Waals surface area contributed by atoms with Crippen LogP contribution in [0.25, 0.3) is 0 Å². The summed E-state index contributed by atoms with van der Waals surface area (Å²) >= 11 is 3.83. The van der Waals surface area contributed by atoms with Crippen molar-refractivity contribution in [3.63, 3.8) is 0 Å². The topological polar surface area (TPSA) is 12.0 Å². The summed E-state index contributed by atoms with van der Waals surface area (Å²) in [5.41, 5.74) is 1.44. The third-order valence-electron chi connectivity index (χ3n) is 3.49. The van der Waals surface area contributed by atoms with E-state index in [1.807, 2.05) is 11.8 Å². The maximum atomic E-state index is 3.78. The molecule has 0 aliphatic heterocycles. The lowest BCUT2D eigenvalue weighted by atomic mass is 9.94. The summed E-state index contributed by atoms with van der Waals surface area (Å²) in [5.74, 6) is 0. The van der Waals surface area contributed by atoms with Crippen molar-refractivity contribution < 1.29 is 0 Å². The van der Waals surface area contributed by atoms with Gasteiger partial charge in [0.05, 0.1) is 0 Å². The predicted octanol–water partition coefficient (Wildman–Crippen LogP) is 4.07. The molecule has 3 atom stereocenters. The molecule has 1 aromatic rings. The molecule has 1 nitrogen and oxygen atoms in total. The monoisotopic (exact) mass is 255 g/mol. The van der Waals surface area contributed by atoms with Gasteiger partial charge in [-0.05, 0) is 54.8 Å². The highest BCUT2D eigenvalue weighted by atomic mass is 32.2. The molecule has 0 amide bonds. The summed E-state index contributed by atoms with van der Waals surface area (Å²) in [7, 11) is 0. The van der Waals surface area contributed by atoms with Crippen molar-refractivity contribution in [2.75, 3.05) is 6.26 Å². The van der Waals surface area contributed by atoms with Gasteiger partial charge in [-0.2, -0.15) is 23.1 Å². The fraction of sp³-hybridized carbons (Fsp3) is 0.692. The van der Waals surface area contributed by atoms with Gasteiger partial charge in [-0.15, -0.1) is 0 Å². The Balaban J connectivity index is 1.84. The average molecular weight is 255 g/mol. The molecule has 90 valence electrons. The zero-order chi connectivity index (χ0) is 11.4. The van der Waals surface area contributed by atoms with Crippen LogP contribution < -0.4 is 5.32 Å². The molecular formula is C13H21NS2. The van der Waals surface area contributed by atoms with Gasteiger partial charge in [0.15, 0.2) is 0 Å². The standard InChI is InChI=1S/C13H21NS2/c1-10(11-6-7-16-9-11)14-12-4-3-5-13(8-12)15-2/h6-7,9-10,12-14H,3-5,8H2,1-2H3. The normalized spacial score (nSPS) is 27.9. The summed E-state index contributed by atoms with van der Waals surface area (Å²) in [4.78, 5) is 0. The molecule has 0 radical (unpaired) electrons. The first-order chi connectivity index (χ1) is 7.79. The molecule has 1 aromatic heterocycles. The van der Waals surface area contributed by atoms with Crippen LogP contribution in [-0.2, 0) is 0 Å². The summed E-state index contributed by atoms with van der Waals surface area (Å²) in [6.45, 7) is 2.28. The number of rotatable bonds is 4. The molecule has 0 saturated heterocycles. The molecule has 0 spiro atoms. The largest absolute Gasteiger partial charge is 0.307 e. The highest BCUT2D eigenvalue weighted by Gasteiger charge is 2.22. The first-order valence-electron chi connectivity index (χ1n) is 6.10. The van der Waals surface area contributed by atoms with Gasteiger partial charge in [0.2, 0.25) is 0 Å². The Hall–Kier alpha value is 0.01000. The van der Waals surface area contributed by atoms with Crippen molar-refractivity contribution in [1.29, 1.82) is 0 Å². The van der Waals surface area contributed by atoms with Crippen LogP contribution in [-0.4, -0.2) is 17.5 Å². The van der Waals surface area contributed by atoms with Gasteiger partial charge in [-0.3, -0.25) is 0 Å². The minimum absolute atomic E-state index is 0.511. The van der Waals surface area contributed by atoms with Gasteiger partial charge in [0.1, 0.15) is 0 Å². The second-order valence-electron chi connectivity index (χ2n) is 4.67. The molecule has 1 fully saturated rings. The first kappa shape index (κ1) is 12.5. The zero-order valence-corrected chi connectivity index (χ0v) is 11.7. The lowest BCUT2D eigenvalue weighted by Crippen LogP contribution is -2.36. The van der Waals surface area contributed by atoms with Gasteiger partial charge in [-0.25, -0.2) is 0 Å². The average Bonchev–Trinajstić information content (AvgIpc) is 2.83. The lowest BCUT2D eigenvalue weighted by molar-refractivity contribution is 0.353. The van der Waals surface area contributed by atoms with E-state index in [1.54, 1.807) is 11.3 Å². The van der Waals surface area contributed by atoms with Gasteiger partial charge >= 0.3 is 0 Å². The second-order valence-corrected chi connectivity index (χ2v) is 6.58. The van der Waals surface area contributed by atoms with E-state index in [0.29, 0.717) is 6.04 Å². The molecule has 1 aliphatic rings. The highest BCUT2D eigenvalue weighted by Crippen LogP contribution is 2.28. The summed E-state index contributed by atoms with van der Waals surface area (Å²) in [6, 6.07) is 3.47. The highest BCUT2D eigenvalue weighted by molar-refractivity contribution is 7.99. The fourth-order valence-corrected chi connectivity index (χ4v) is 4.06. The van der Waals surface area contributed by atoms with Gasteiger partial charge in [-0.1, -0.05) is 6.42 Å². The molecule has 0 bridgehead atoms. The third-order valence-corrected chi connectivity index (χ3v) is 5.28. The minimum Gasteiger partial charge on any atom is -0.307 e. The molecule has 1 aliphatic carbocycles. The Morgan fingerprint density at radius 2 is 2.38 bits per heavy atom. The Morgan fingerprint density at radius 1 is 1.50 bits per heavy atom. The predicted molar refractivity (Wildman–Crippen MR) is 75.4 cm³/mol. The van der Waals surface area contributed by atoms with E-state index in [2.05, 4.69) is 35.3 Å². The minimum atomic E-state index is 0.511. The molecule has 2 rings (SSSR count). The van der Waals surface area contributed by atoms with Gasteiger partial charge < -0.3 is 5.32 Å². The Labute approximate surface area is 107 Å². The Kier molecular flexibility index (Phi) is 4.74. The molecule has 16 heavy (non-hydrogen) atoms. The Bertz CT molecular complexity index is 297. The van der Waals surface area contributed by atoms with E-state index < -0.39 is 0 Å². The first-order valence-corrected chi connectivity index (χ1v) is 8.33. The van der Waals surface area contributed by atoms with E-state index in [0.717, 1.165) is 11.3 Å². The molecule has 1 N–H and O–H groups in total. The molecule has 3 heteroatoms. The molecule has 3 unspecified atom stereocenters. The van der Waals surface area contributed by atoms with Crippen molar-refractivity contribution in [1.82, 2.24) is 5.32 Å². The number of thiophene rings is 1. The third kappa shape index (κ3) is 3.25. The number of hydrogen-bond donors (Lipinski definition) is 1. The van der Waals surface area contributed by atoms with E-state index in [1.165, 1.54) is 31.2 Å². The van der Waals surface area contributed by atoms with Gasteiger partial charge in [0, 0.05) is 17.3 Å². The van der Waals surface area contributed by atoms with Crippen LogP contribution in [0.5, 0.6) is 0 Å². The van der Waals surface area contributed by atoms with E-state index in [-0.39, 0.29) is 0 Å². The summed E-state index contributed by atoms with van der Waals surface area (Å²) in [6.07, 6.45) is 7.74. The maximum absolute atomic E-state index is 3.78. The molecule has 0 aromatic carbocycles. The number of hydrogen-bond acceptors (Lipinski definition) is 3. The van der Waals surface area contributed by atoms with Crippen LogP contribution in [0.4, 0.5) is 0 Å². The SMILES string of the molecule is CSC1CCCC(NC(C)c2ccsc2)C1. The molecule has 1 saturated carbocycles. The summed E-state index contributed by atoms with van der Waals surface area (Å²) in [5, 5.41) is 9.08. The molecular weight excluding hydrogens is 234 g/mol. The smallest absolute Gasteiger partial charge is 0.0302 e.